The van der Waals surface area contributed by atoms with Crippen molar-refractivity contribution in [3.8, 4) is 0 Å². The number of quaternary nitrogens is 1. The van der Waals surface area contributed by atoms with Crippen molar-refractivity contribution in [1.82, 2.24) is 4.98 Å². The van der Waals surface area contributed by atoms with Crippen LogP contribution in [0.2, 0.25) is 0 Å². The number of nitrogens with zero attached hydrogens (tertiary/aromatic N) is 2. The number of aromatic nitrogens is 1. The normalized spacial score (nSPS) is 27.3. The zero-order chi connectivity index (χ0) is 23.4. The molecule has 5 heteroatoms. The first-order valence-electron chi connectivity index (χ1n) is 13.1. The van der Waals surface area contributed by atoms with Crippen LogP contribution in [0, 0.1) is 13.3 Å². The molecule has 4 aliphatic rings. The van der Waals surface area contributed by atoms with Gasteiger partial charge in [-0.2, -0.15) is 0 Å². The van der Waals surface area contributed by atoms with E-state index in [0.717, 1.165) is 73.9 Å². The number of Topliss-reactive ketones (excluding diaryl/α,β-unsaturated/α-hetero) is 1. The van der Waals surface area contributed by atoms with E-state index in [1.54, 1.807) is 6.20 Å². The van der Waals surface area contributed by atoms with E-state index in [0.29, 0.717) is 18.9 Å². The van der Waals surface area contributed by atoms with E-state index in [-0.39, 0.29) is 25.3 Å². The van der Waals surface area contributed by atoms with Gasteiger partial charge in [0.2, 0.25) is 0 Å². The smallest absolute Gasteiger partial charge is 0.317 e. The van der Waals surface area contributed by atoms with Crippen molar-refractivity contribution < 1.29 is 18.8 Å². The van der Waals surface area contributed by atoms with Gasteiger partial charge in [0.1, 0.15) is 13.1 Å². The summed E-state index contributed by atoms with van der Waals surface area (Å²) in [4.78, 5) is 31.2. The highest BCUT2D eigenvalue weighted by Gasteiger charge is 2.50. The first kappa shape index (κ1) is 25.6. The second-order valence-electron chi connectivity index (χ2n) is 10.8. The molecule has 6 rings (SSSR count). The molecule has 188 valence electrons. The second kappa shape index (κ2) is 11.0. The summed E-state index contributed by atoms with van der Waals surface area (Å²) in [5.74, 6) is 0.624. The van der Waals surface area contributed by atoms with Crippen molar-refractivity contribution in [3.63, 3.8) is 0 Å². The van der Waals surface area contributed by atoms with Gasteiger partial charge in [0.25, 0.3) is 0 Å². The minimum atomic E-state index is -0.524. The van der Waals surface area contributed by atoms with Crippen molar-refractivity contribution in [3.05, 3.63) is 73.4 Å². The Balaban J connectivity index is 0.00000289. The average molecular weight is 477 g/mol. The Hall–Kier alpha value is -2.53. The lowest BCUT2D eigenvalue weighted by molar-refractivity contribution is -0.939. The van der Waals surface area contributed by atoms with Gasteiger partial charge in [0, 0.05) is 30.7 Å². The van der Waals surface area contributed by atoms with Gasteiger partial charge in [-0.05, 0) is 30.5 Å². The number of rotatable bonds is 7. The number of ether oxygens (including phenoxy) is 1. The lowest BCUT2D eigenvalue weighted by Crippen LogP contribution is -2.66. The molecule has 4 heterocycles. The highest BCUT2D eigenvalue weighted by Crippen LogP contribution is 2.42. The molecule has 1 saturated carbocycles. The maximum Gasteiger partial charge on any atom is 0.317 e. The van der Waals surface area contributed by atoms with Crippen LogP contribution in [0.15, 0.2) is 54.7 Å². The third-order valence-electron chi connectivity index (χ3n) is 8.59. The molecule has 0 N–H and O–H groups in total. The molecule has 0 unspecified atom stereocenters. The van der Waals surface area contributed by atoms with Crippen LogP contribution in [-0.2, 0) is 26.2 Å². The number of carbonyl (C=O) groups is 2. The minimum Gasteiger partial charge on any atom is -0.455 e. The number of esters is 1. The van der Waals surface area contributed by atoms with Crippen molar-refractivity contribution in [1.29, 1.82) is 0 Å². The Morgan fingerprint density at radius 2 is 1.63 bits per heavy atom. The van der Waals surface area contributed by atoms with Crippen molar-refractivity contribution in [2.24, 2.45) is 5.92 Å². The Morgan fingerprint density at radius 1 is 0.943 bits per heavy atom. The summed E-state index contributed by atoms with van der Waals surface area (Å²) >= 11 is 0. The Bertz CT molecular complexity index is 975. The standard InChI is InChI=1S/C29H37N2O3.CH3/c32-26(20-25-12-6-9-17-30-25)21-31-18-13-23(14-19-31)27(22-31)34-28(33)29(15-7-1-2-8-16-29)24-10-4-3-5-11-24;/h3-6,9-12,17,23,27H,1-2,7-8,13-16,18-22H2;1H3/q+1;-1/t23?,27-,31?;/m0./s1. The summed E-state index contributed by atoms with van der Waals surface area (Å²) in [6, 6.07) is 16.0. The van der Waals surface area contributed by atoms with Gasteiger partial charge in [-0.3, -0.25) is 14.6 Å². The lowest BCUT2D eigenvalue weighted by Gasteiger charge is -2.52. The van der Waals surface area contributed by atoms with E-state index in [2.05, 4.69) is 17.1 Å². The first-order valence-corrected chi connectivity index (χ1v) is 13.1. The molecule has 1 atom stereocenters. The summed E-state index contributed by atoms with van der Waals surface area (Å²) in [5.41, 5.74) is 1.42. The molecular formula is C30H40N2O3. The maximum absolute atomic E-state index is 13.9. The highest BCUT2D eigenvalue weighted by molar-refractivity contribution is 5.83. The zero-order valence-corrected chi connectivity index (χ0v) is 21.2. The van der Waals surface area contributed by atoms with Gasteiger partial charge < -0.3 is 16.6 Å². The van der Waals surface area contributed by atoms with Crippen LogP contribution in [-0.4, -0.2) is 53.5 Å². The fourth-order valence-corrected chi connectivity index (χ4v) is 6.66. The number of piperidine rings is 3. The van der Waals surface area contributed by atoms with Crippen molar-refractivity contribution in [2.75, 3.05) is 26.2 Å². The summed E-state index contributed by atoms with van der Waals surface area (Å²) in [7, 11) is 0. The fraction of sp³-hybridized carbons (Fsp3) is 0.533. The molecule has 3 saturated heterocycles. The van der Waals surface area contributed by atoms with E-state index < -0.39 is 5.41 Å². The van der Waals surface area contributed by atoms with E-state index in [1.807, 2.05) is 36.4 Å². The molecule has 5 nitrogen and oxygen atoms in total. The van der Waals surface area contributed by atoms with Crippen LogP contribution >= 0.6 is 0 Å². The Labute approximate surface area is 210 Å². The lowest BCUT2D eigenvalue weighted by atomic mass is 9.74. The van der Waals surface area contributed by atoms with Crippen LogP contribution in [0.5, 0.6) is 0 Å². The maximum atomic E-state index is 13.9. The van der Waals surface area contributed by atoms with Gasteiger partial charge in [0.05, 0.1) is 24.9 Å². The van der Waals surface area contributed by atoms with E-state index >= 15 is 0 Å². The third-order valence-corrected chi connectivity index (χ3v) is 8.59. The van der Waals surface area contributed by atoms with Crippen LogP contribution in [0.25, 0.3) is 0 Å². The molecule has 3 aliphatic heterocycles. The zero-order valence-electron chi connectivity index (χ0n) is 21.2. The molecule has 0 spiro atoms. The molecule has 0 amide bonds. The molecular weight excluding hydrogens is 436 g/mol. The predicted molar refractivity (Wildman–Crippen MR) is 138 cm³/mol. The second-order valence-corrected chi connectivity index (χ2v) is 10.8. The predicted octanol–water partition coefficient (Wildman–Crippen LogP) is 5.09. The van der Waals surface area contributed by atoms with Crippen LogP contribution in [0.1, 0.15) is 62.6 Å². The molecule has 2 bridgehead atoms. The molecule has 1 aromatic carbocycles. The fourth-order valence-electron chi connectivity index (χ4n) is 6.66. The Morgan fingerprint density at radius 3 is 2.29 bits per heavy atom. The van der Waals surface area contributed by atoms with Gasteiger partial charge in [-0.15, -0.1) is 0 Å². The number of carbonyl (C=O) groups excluding carboxylic acids is 2. The number of fused-ring (bicyclic) bond motifs is 3. The Kier molecular flexibility index (Phi) is 8.05. The molecule has 0 radical (unpaired) electrons. The largest absolute Gasteiger partial charge is 0.455 e. The minimum absolute atomic E-state index is 0. The SMILES string of the molecule is O=C(Cc1ccccn1)C[N+]12CCC(CC1)[C@@H](OC(=O)C1(c3ccccc3)CCCCCC1)C2.[CH3-]. The van der Waals surface area contributed by atoms with Crippen LogP contribution < -0.4 is 0 Å². The van der Waals surface area contributed by atoms with E-state index in [1.165, 1.54) is 12.8 Å². The number of pyridine rings is 1. The molecule has 1 aliphatic carbocycles. The van der Waals surface area contributed by atoms with Crippen LogP contribution in [0.4, 0.5) is 0 Å². The van der Waals surface area contributed by atoms with E-state index in [9.17, 15) is 9.59 Å². The number of benzene rings is 1. The van der Waals surface area contributed by atoms with Gasteiger partial charge in [-0.25, -0.2) is 0 Å². The highest BCUT2D eigenvalue weighted by atomic mass is 16.5. The topological polar surface area (TPSA) is 56.3 Å². The summed E-state index contributed by atoms with van der Waals surface area (Å²) in [5, 5.41) is 0. The molecule has 35 heavy (non-hydrogen) atoms. The summed E-state index contributed by atoms with van der Waals surface area (Å²) in [6.45, 7) is 3.31. The monoisotopic (exact) mass is 476 g/mol. The van der Waals surface area contributed by atoms with Gasteiger partial charge >= 0.3 is 5.97 Å². The average Bonchev–Trinajstić information content (AvgIpc) is 3.13. The molecule has 2 aromatic rings. The summed E-state index contributed by atoms with van der Waals surface area (Å²) in [6.07, 6.45) is 10.4. The number of ketones is 1. The number of hydrogen-bond acceptors (Lipinski definition) is 4. The van der Waals surface area contributed by atoms with Crippen molar-refractivity contribution >= 4 is 11.8 Å². The van der Waals surface area contributed by atoms with Crippen molar-refractivity contribution in [2.45, 2.75) is 69.3 Å². The first-order chi connectivity index (χ1) is 16.6. The molecule has 1 aromatic heterocycles. The van der Waals surface area contributed by atoms with Gasteiger partial charge in [0.15, 0.2) is 11.9 Å². The van der Waals surface area contributed by atoms with Crippen LogP contribution in [0.3, 0.4) is 0 Å². The molecule has 4 fully saturated rings. The number of hydrogen-bond donors (Lipinski definition) is 0. The third kappa shape index (κ3) is 5.50. The quantitative estimate of drug-likeness (QED) is 0.242. The van der Waals surface area contributed by atoms with Gasteiger partial charge in [-0.1, -0.05) is 62.1 Å². The van der Waals surface area contributed by atoms with E-state index in [4.69, 9.17) is 4.74 Å². The summed E-state index contributed by atoms with van der Waals surface area (Å²) < 4.78 is 7.19.